The monoisotopic (exact) mass is 269 g/mol. The summed E-state index contributed by atoms with van der Waals surface area (Å²) in [5.41, 5.74) is -0.432. The number of ketones is 1. The van der Waals surface area contributed by atoms with Crippen LogP contribution >= 0.6 is 0 Å². The molecule has 0 aliphatic carbocycles. The quantitative estimate of drug-likeness (QED) is 0.786. The summed E-state index contributed by atoms with van der Waals surface area (Å²) >= 11 is 0. The molecule has 1 atom stereocenters. The number of nitrogens with zero attached hydrogens (tertiary/aromatic N) is 1. The van der Waals surface area contributed by atoms with Crippen molar-refractivity contribution < 1.29 is 14.3 Å². The second-order valence-corrected chi connectivity index (χ2v) is 6.53. The highest BCUT2D eigenvalue weighted by Crippen LogP contribution is 2.23. The summed E-state index contributed by atoms with van der Waals surface area (Å²) in [5.74, 6) is 0.764. The highest BCUT2D eigenvalue weighted by atomic mass is 16.6. The van der Waals surface area contributed by atoms with Crippen molar-refractivity contribution in [2.75, 3.05) is 13.1 Å². The Hall–Kier alpha value is -1.06. The van der Waals surface area contributed by atoms with Crippen LogP contribution in [0.4, 0.5) is 4.79 Å². The zero-order valence-electron chi connectivity index (χ0n) is 12.7. The number of piperidine rings is 1. The van der Waals surface area contributed by atoms with Crippen LogP contribution in [0.5, 0.6) is 0 Å². The van der Waals surface area contributed by atoms with E-state index < -0.39 is 5.60 Å². The van der Waals surface area contributed by atoms with E-state index in [1.165, 1.54) is 0 Å². The smallest absolute Gasteiger partial charge is 0.410 e. The molecule has 1 rings (SSSR count). The molecule has 1 aliphatic rings. The number of carbonyl (C=O) groups is 2. The Labute approximate surface area is 116 Å². The summed E-state index contributed by atoms with van der Waals surface area (Å²) in [5, 5.41) is 0. The Kier molecular flexibility index (Phi) is 5.83. The normalized spacial score (nSPS) is 20.2. The van der Waals surface area contributed by atoms with Crippen molar-refractivity contribution in [2.24, 2.45) is 5.92 Å². The summed E-state index contributed by atoms with van der Waals surface area (Å²) in [6.45, 7) is 8.86. The maximum absolute atomic E-state index is 12.0. The number of amides is 1. The Bertz CT molecular complexity index is 320. The van der Waals surface area contributed by atoms with E-state index in [0.717, 1.165) is 38.8 Å². The van der Waals surface area contributed by atoms with Crippen molar-refractivity contribution in [1.82, 2.24) is 4.90 Å². The van der Waals surface area contributed by atoms with Gasteiger partial charge in [-0.05, 0) is 59.3 Å². The first-order valence-corrected chi connectivity index (χ1v) is 7.25. The van der Waals surface area contributed by atoms with Gasteiger partial charge in [0.25, 0.3) is 0 Å². The Morgan fingerprint density at radius 1 is 1.32 bits per heavy atom. The molecule has 19 heavy (non-hydrogen) atoms. The van der Waals surface area contributed by atoms with Crippen molar-refractivity contribution in [3.63, 3.8) is 0 Å². The molecule has 1 saturated heterocycles. The van der Waals surface area contributed by atoms with E-state index in [4.69, 9.17) is 4.74 Å². The van der Waals surface area contributed by atoms with Crippen molar-refractivity contribution >= 4 is 11.9 Å². The van der Waals surface area contributed by atoms with Crippen LogP contribution in [0.1, 0.15) is 59.8 Å². The van der Waals surface area contributed by atoms with Crippen LogP contribution in [-0.4, -0.2) is 35.5 Å². The predicted octanol–water partition coefficient (Wildman–Crippen LogP) is 3.39. The van der Waals surface area contributed by atoms with Gasteiger partial charge in [-0.2, -0.15) is 0 Å². The minimum absolute atomic E-state index is 0.205. The van der Waals surface area contributed by atoms with Crippen molar-refractivity contribution in [3.05, 3.63) is 0 Å². The van der Waals surface area contributed by atoms with Crippen LogP contribution in [0.25, 0.3) is 0 Å². The third-order valence-corrected chi connectivity index (χ3v) is 3.31. The molecule has 0 aromatic rings. The van der Waals surface area contributed by atoms with E-state index in [-0.39, 0.29) is 11.9 Å². The molecule has 1 amide bonds. The van der Waals surface area contributed by atoms with Gasteiger partial charge in [0.15, 0.2) is 0 Å². The second-order valence-electron chi connectivity index (χ2n) is 6.53. The minimum atomic E-state index is -0.432. The van der Waals surface area contributed by atoms with Crippen LogP contribution in [0.3, 0.4) is 0 Å². The molecular formula is C15H27NO3. The lowest BCUT2D eigenvalue weighted by molar-refractivity contribution is -0.117. The molecule has 4 heteroatoms. The van der Waals surface area contributed by atoms with Crippen LogP contribution in [0, 0.1) is 5.92 Å². The molecule has 0 aromatic heterocycles. The average molecular weight is 269 g/mol. The molecule has 0 spiro atoms. The first-order valence-electron chi connectivity index (χ1n) is 7.25. The fourth-order valence-electron chi connectivity index (χ4n) is 2.43. The third-order valence-electron chi connectivity index (χ3n) is 3.31. The van der Waals surface area contributed by atoms with Crippen LogP contribution in [0.15, 0.2) is 0 Å². The minimum Gasteiger partial charge on any atom is -0.444 e. The summed E-state index contributed by atoms with van der Waals surface area (Å²) < 4.78 is 5.40. The number of hydrogen-bond donors (Lipinski definition) is 0. The molecule has 0 bridgehead atoms. The van der Waals surface area contributed by atoms with E-state index in [1.54, 1.807) is 6.92 Å². The van der Waals surface area contributed by atoms with Gasteiger partial charge in [0.05, 0.1) is 0 Å². The van der Waals surface area contributed by atoms with E-state index in [1.807, 2.05) is 25.7 Å². The predicted molar refractivity (Wildman–Crippen MR) is 75.1 cm³/mol. The van der Waals surface area contributed by atoms with Gasteiger partial charge in [0.2, 0.25) is 0 Å². The molecule has 0 N–H and O–H groups in total. The van der Waals surface area contributed by atoms with Crippen LogP contribution in [0.2, 0.25) is 0 Å². The number of carbonyl (C=O) groups excluding carboxylic acids is 2. The lowest BCUT2D eigenvalue weighted by Crippen LogP contribution is -2.42. The highest BCUT2D eigenvalue weighted by molar-refractivity contribution is 5.75. The van der Waals surface area contributed by atoms with Gasteiger partial charge in [-0.1, -0.05) is 0 Å². The first kappa shape index (κ1) is 16.0. The zero-order chi connectivity index (χ0) is 14.5. The standard InChI is InChI=1S/C15H27NO3/c1-12(17)7-5-8-13-9-6-10-16(11-13)14(18)19-15(2,3)4/h13H,5-11H2,1-4H3. The summed E-state index contributed by atoms with van der Waals surface area (Å²) in [6.07, 6.45) is 4.59. The molecule has 4 nitrogen and oxygen atoms in total. The number of Topliss-reactive ketones (excluding diaryl/α,β-unsaturated/α-hetero) is 1. The summed E-state index contributed by atoms with van der Waals surface area (Å²) in [6, 6.07) is 0. The van der Waals surface area contributed by atoms with E-state index in [2.05, 4.69) is 0 Å². The molecule has 1 heterocycles. The number of hydrogen-bond acceptors (Lipinski definition) is 3. The molecular weight excluding hydrogens is 242 g/mol. The van der Waals surface area contributed by atoms with Crippen molar-refractivity contribution in [1.29, 1.82) is 0 Å². The molecule has 0 saturated carbocycles. The first-order chi connectivity index (χ1) is 8.78. The van der Waals surface area contributed by atoms with Gasteiger partial charge >= 0.3 is 6.09 Å². The number of likely N-dealkylation sites (tertiary alicyclic amines) is 1. The van der Waals surface area contributed by atoms with Gasteiger partial charge in [-0.15, -0.1) is 0 Å². The fourth-order valence-corrected chi connectivity index (χ4v) is 2.43. The lowest BCUT2D eigenvalue weighted by Gasteiger charge is -2.34. The number of ether oxygens (including phenoxy) is 1. The fraction of sp³-hybridized carbons (Fsp3) is 0.867. The maximum atomic E-state index is 12.0. The topological polar surface area (TPSA) is 46.6 Å². The SMILES string of the molecule is CC(=O)CCCC1CCCN(C(=O)OC(C)(C)C)C1. The van der Waals surface area contributed by atoms with Gasteiger partial charge in [-0.3, -0.25) is 0 Å². The summed E-state index contributed by atoms with van der Waals surface area (Å²) in [4.78, 5) is 24.7. The molecule has 110 valence electrons. The number of rotatable bonds is 4. The summed E-state index contributed by atoms with van der Waals surface area (Å²) in [7, 11) is 0. The molecule has 0 radical (unpaired) electrons. The maximum Gasteiger partial charge on any atom is 0.410 e. The second kappa shape index (κ2) is 6.92. The molecule has 1 fully saturated rings. The largest absolute Gasteiger partial charge is 0.444 e. The van der Waals surface area contributed by atoms with Crippen molar-refractivity contribution in [2.45, 2.75) is 65.4 Å². The Morgan fingerprint density at radius 3 is 2.58 bits per heavy atom. The molecule has 1 unspecified atom stereocenters. The van der Waals surface area contributed by atoms with E-state index in [9.17, 15) is 9.59 Å². The van der Waals surface area contributed by atoms with Crippen LogP contribution < -0.4 is 0 Å². The highest BCUT2D eigenvalue weighted by Gasteiger charge is 2.27. The Balaban J connectivity index is 2.37. The third kappa shape index (κ3) is 6.60. The van der Waals surface area contributed by atoms with Gasteiger partial charge in [0, 0.05) is 19.5 Å². The van der Waals surface area contributed by atoms with Gasteiger partial charge in [-0.25, -0.2) is 4.79 Å². The van der Waals surface area contributed by atoms with E-state index in [0.29, 0.717) is 12.3 Å². The molecule has 1 aliphatic heterocycles. The van der Waals surface area contributed by atoms with Gasteiger partial charge < -0.3 is 14.4 Å². The van der Waals surface area contributed by atoms with E-state index >= 15 is 0 Å². The van der Waals surface area contributed by atoms with Gasteiger partial charge in [0.1, 0.15) is 11.4 Å². The molecule has 0 aromatic carbocycles. The lowest BCUT2D eigenvalue weighted by atomic mass is 9.92. The van der Waals surface area contributed by atoms with Crippen molar-refractivity contribution in [3.8, 4) is 0 Å². The average Bonchev–Trinajstić information content (AvgIpc) is 2.26. The van der Waals surface area contributed by atoms with Crippen LogP contribution in [-0.2, 0) is 9.53 Å². The Morgan fingerprint density at radius 2 is 2.00 bits per heavy atom. The zero-order valence-corrected chi connectivity index (χ0v) is 12.7.